The van der Waals surface area contributed by atoms with E-state index in [1.807, 2.05) is 32.1 Å². The van der Waals surface area contributed by atoms with Gasteiger partial charge in [-0.1, -0.05) is 12.2 Å². The van der Waals surface area contributed by atoms with E-state index in [9.17, 15) is 0 Å². The number of allylic oxidation sites excluding steroid dienone is 3. The van der Waals surface area contributed by atoms with Crippen LogP contribution in [0.3, 0.4) is 0 Å². The van der Waals surface area contributed by atoms with Crippen LogP contribution in [0.5, 0.6) is 0 Å². The zero-order valence-corrected chi connectivity index (χ0v) is 6.02. The summed E-state index contributed by atoms with van der Waals surface area (Å²) in [6.07, 6.45) is 5.93. The first-order valence-electron chi connectivity index (χ1n) is 3.08. The molecule has 0 aliphatic carbocycles. The van der Waals surface area contributed by atoms with Crippen molar-refractivity contribution in [1.82, 2.24) is 5.32 Å². The third-order valence-electron chi connectivity index (χ3n) is 0.963. The maximum Gasteiger partial charge on any atom is 0.0627 e. The average molecular weight is 126 g/mol. The van der Waals surface area contributed by atoms with Crippen LogP contribution in [0.25, 0.3) is 0 Å². The predicted octanol–water partition coefficient (Wildman–Crippen LogP) is 0.972. The third kappa shape index (κ3) is 3.79. The average Bonchev–Trinajstić information content (AvgIpc) is 1.88. The quantitative estimate of drug-likeness (QED) is 0.437. The number of hydrogen-bond donors (Lipinski definition) is 2. The van der Waals surface area contributed by atoms with Crippen LogP contribution in [0.15, 0.2) is 23.9 Å². The van der Waals surface area contributed by atoms with Gasteiger partial charge in [0.1, 0.15) is 0 Å². The fourth-order valence-electron chi connectivity index (χ4n) is 0.555. The highest BCUT2D eigenvalue weighted by atomic mass is 15.0. The molecule has 0 amide bonds. The fourth-order valence-corrected chi connectivity index (χ4v) is 0.555. The molecule has 0 spiro atoms. The van der Waals surface area contributed by atoms with Crippen molar-refractivity contribution in [3.05, 3.63) is 23.9 Å². The molecule has 52 valence electrons. The van der Waals surface area contributed by atoms with Crippen molar-refractivity contribution in [1.29, 1.82) is 0 Å². The van der Waals surface area contributed by atoms with Crippen LogP contribution >= 0.6 is 0 Å². The maximum absolute atomic E-state index is 5.25. The number of rotatable bonds is 3. The molecule has 3 N–H and O–H groups in total. The van der Waals surface area contributed by atoms with Crippen LogP contribution in [0.2, 0.25) is 0 Å². The minimum absolute atomic E-state index is 0.490. The maximum atomic E-state index is 5.25. The Morgan fingerprint density at radius 1 is 1.56 bits per heavy atom. The molecule has 0 saturated carbocycles. The Labute approximate surface area is 56.4 Å². The lowest BCUT2D eigenvalue weighted by atomic mass is 10.4. The van der Waals surface area contributed by atoms with E-state index in [-0.39, 0.29) is 0 Å². The Balaban J connectivity index is 3.70. The minimum Gasteiger partial charge on any atom is -0.373 e. The van der Waals surface area contributed by atoms with E-state index in [0.29, 0.717) is 6.67 Å². The molecule has 2 heteroatoms. The normalized spacial score (nSPS) is 12.6. The van der Waals surface area contributed by atoms with Crippen molar-refractivity contribution < 1.29 is 0 Å². The van der Waals surface area contributed by atoms with E-state index in [4.69, 9.17) is 5.73 Å². The largest absolute Gasteiger partial charge is 0.373 e. The van der Waals surface area contributed by atoms with E-state index in [1.54, 1.807) is 0 Å². The number of hydrogen-bond acceptors (Lipinski definition) is 2. The summed E-state index contributed by atoms with van der Waals surface area (Å²) in [4.78, 5) is 0. The summed E-state index contributed by atoms with van der Waals surface area (Å²) in [6.45, 7) is 4.43. The van der Waals surface area contributed by atoms with Gasteiger partial charge in [-0.3, -0.25) is 0 Å². The van der Waals surface area contributed by atoms with Gasteiger partial charge in [0, 0.05) is 5.70 Å². The second-order valence-corrected chi connectivity index (χ2v) is 1.62. The van der Waals surface area contributed by atoms with Gasteiger partial charge in [0.05, 0.1) is 6.67 Å². The Hall–Kier alpha value is -0.760. The van der Waals surface area contributed by atoms with E-state index in [0.717, 1.165) is 5.70 Å². The van der Waals surface area contributed by atoms with Gasteiger partial charge in [0.15, 0.2) is 0 Å². The number of nitrogens with two attached hydrogens (primary N) is 1. The standard InChI is InChI=1S/C7H14N2/c1-3-5-7(4-2)9-6-8/h3-5,9H,6,8H2,1-2H3/b5-3-,7-4+. The summed E-state index contributed by atoms with van der Waals surface area (Å²) in [5.41, 5.74) is 6.32. The first-order chi connectivity index (χ1) is 4.35. The molecule has 0 atom stereocenters. The highest BCUT2D eigenvalue weighted by Crippen LogP contribution is 1.88. The van der Waals surface area contributed by atoms with Crippen molar-refractivity contribution in [3.63, 3.8) is 0 Å². The molecule has 9 heavy (non-hydrogen) atoms. The molecule has 0 aromatic carbocycles. The van der Waals surface area contributed by atoms with Crippen LogP contribution in [0, 0.1) is 0 Å². The van der Waals surface area contributed by atoms with Gasteiger partial charge in [-0.05, 0) is 19.9 Å². The highest BCUT2D eigenvalue weighted by Gasteiger charge is 1.81. The summed E-state index contributed by atoms with van der Waals surface area (Å²) in [5.74, 6) is 0. The topological polar surface area (TPSA) is 38.0 Å². The molecule has 0 aliphatic heterocycles. The Kier molecular flexibility index (Phi) is 4.92. The lowest BCUT2D eigenvalue weighted by Gasteiger charge is -2.00. The molecule has 0 bridgehead atoms. The van der Waals surface area contributed by atoms with Crippen LogP contribution in [0.4, 0.5) is 0 Å². The van der Waals surface area contributed by atoms with Crippen LogP contribution in [-0.4, -0.2) is 6.67 Å². The first kappa shape index (κ1) is 8.24. The van der Waals surface area contributed by atoms with Crippen molar-refractivity contribution in [2.24, 2.45) is 5.73 Å². The molecule has 0 aromatic rings. The zero-order chi connectivity index (χ0) is 7.11. The van der Waals surface area contributed by atoms with Crippen molar-refractivity contribution in [2.75, 3.05) is 6.67 Å². The summed E-state index contributed by atoms with van der Waals surface area (Å²) in [6, 6.07) is 0. The molecular formula is C7H14N2. The van der Waals surface area contributed by atoms with Gasteiger partial charge in [-0.15, -0.1) is 0 Å². The lowest BCUT2D eigenvalue weighted by Crippen LogP contribution is -2.20. The van der Waals surface area contributed by atoms with E-state index in [1.165, 1.54) is 0 Å². The van der Waals surface area contributed by atoms with E-state index in [2.05, 4.69) is 5.32 Å². The lowest BCUT2D eigenvalue weighted by molar-refractivity contribution is 0.846. The minimum atomic E-state index is 0.490. The van der Waals surface area contributed by atoms with Crippen molar-refractivity contribution in [2.45, 2.75) is 13.8 Å². The van der Waals surface area contributed by atoms with Gasteiger partial charge in [-0.2, -0.15) is 0 Å². The van der Waals surface area contributed by atoms with Gasteiger partial charge < -0.3 is 11.1 Å². The van der Waals surface area contributed by atoms with Crippen LogP contribution in [0.1, 0.15) is 13.8 Å². The molecule has 0 fully saturated rings. The summed E-state index contributed by atoms with van der Waals surface area (Å²) in [7, 11) is 0. The number of nitrogens with one attached hydrogen (secondary N) is 1. The van der Waals surface area contributed by atoms with Gasteiger partial charge in [-0.25, -0.2) is 0 Å². The Morgan fingerprint density at radius 3 is 2.56 bits per heavy atom. The molecule has 0 heterocycles. The van der Waals surface area contributed by atoms with Gasteiger partial charge >= 0.3 is 0 Å². The SMILES string of the molecule is C/C=C\C(=C/C)NCN. The predicted molar refractivity (Wildman–Crippen MR) is 40.8 cm³/mol. The molecule has 2 nitrogen and oxygen atoms in total. The summed E-state index contributed by atoms with van der Waals surface area (Å²) < 4.78 is 0. The van der Waals surface area contributed by atoms with Crippen molar-refractivity contribution in [3.8, 4) is 0 Å². The van der Waals surface area contributed by atoms with Gasteiger partial charge in [0.2, 0.25) is 0 Å². The molecule has 0 saturated heterocycles. The molecule has 0 radical (unpaired) electrons. The second kappa shape index (κ2) is 5.38. The van der Waals surface area contributed by atoms with E-state index >= 15 is 0 Å². The molecule has 0 unspecified atom stereocenters. The van der Waals surface area contributed by atoms with Crippen LogP contribution < -0.4 is 11.1 Å². The first-order valence-corrected chi connectivity index (χ1v) is 3.08. The van der Waals surface area contributed by atoms with Crippen LogP contribution in [-0.2, 0) is 0 Å². The smallest absolute Gasteiger partial charge is 0.0627 e. The zero-order valence-electron chi connectivity index (χ0n) is 6.02. The summed E-state index contributed by atoms with van der Waals surface area (Å²) in [5, 5.41) is 2.99. The Morgan fingerprint density at radius 2 is 2.22 bits per heavy atom. The molecule has 0 aliphatic rings. The van der Waals surface area contributed by atoms with Crippen molar-refractivity contribution >= 4 is 0 Å². The van der Waals surface area contributed by atoms with Gasteiger partial charge in [0.25, 0.3) is 0 Å². The summed E-state index contributed by atoms with van der Waals surface area (Å²) >= 11 is 0. The fraction of sp³-hybridized carbons (Fsp3) is 0.429. The molecule has 0 aromatic heterocycles. The highest BCUT2D eigenvalue weighted by molar-refractivity contribution is 5.14. The molecule has 0 rings (SSSR count). The van der Waals surface area contributed by atoms with E-state index < -0.39 is 0 Å². The second-order valence-electron chi connectivity index (χ2n) is 1.62. The Bertz CT molecular complexity index is 114. The third-order valence-corrected chi connectivity index (χ3v) is 0.963. The monoisotopic (exact) mass is 126 g/mol. The molecular weight excluding hydrogens is 112 g/mol.